The third-order valence-corrected chi connectivity index (χ3v) is 5.76. The average Bonchev–Trinajstić information content (AvgIpc) is 2.58. The highest BCUT2D eigenvalue weighted by atomic mass is 79.9. The molecule has 0 saturated heterocycles. The lowest BCUT2D eigenvalue weighted by Crippen LogP contribution is -2.03. The van der Waals surface area contributed by atoms with Gasteiger partial charge in [-0.25, -0.2) is 4.79 Å². The fraction of sp³-hybridized carbons (Fsp3) is 0.125. The van der Waals surface area contributed by atoms with E-state index in [1.165, 1.54) is 13.2 Å². The molecule has 0 aliphatic rings. The number of hydrogen-bond donors (Lipinski definition) is 0. The van der Waals surface area contributed by atoms with Gasteiger partial charge in [-0.3, -0.25) is 14.9 Å². The summed E-state index contributed by atoms with van der Waals surface area (Å²) in [5.41, 5.74) is 0.926. The molecule has 0 saturated carbocycles. The van der Waals surface area contributed by atoms with E-state index in [0.29, 0.717) is 31.7 Å². The van der Waals surface area contributed by atoms with Crippen molar-refractivity contribution >= 4 is 45.6 Å². The van der Waals surface area contributed by atoms with Gasteiger partial charge in [0, 0.05) is 21.0 Å². The van der Waals surface area contributed by atoms with Gasteiger partial charge < -0.3 is 4.74 Å². The van der Waals surface area contributed by atoms with E-state index in [9.17, 15) is 19.7 Å². The SMILES string of the molecule is COC(=O)c1ccccc1Sc1c([N+](=O)[O-])cc(C=O)c(C)c1Br. The van der Waals surface area contributed by atoms with Crippen LogP contribution < -0.4 is 0 Å². The third kappa shape index (κ3) is 3.49. The topological polar surface area (TPSA) is 86.5 Å². The van der Waals surface area contributed by atoms with Gasteiger partial charge in [-0.1, -0.05) is 23.9 Å². The number of ether oxygens (including phenoxy) is 1. The maximum absolute atomic E-state index is 11.9. The number of esters is 1. The molecule has 0 radical (unpaired) electrons. The van der Waals surface area contributed by atoms with Crippen molar-refractivity contribution in [2.45, 2.75) is 16.7 Å². The first-order chi connectivity index (χ1) is 11.4. The number of aldehydes is 1. The van der Waals surface area contributed by atoms with Crippen LogP contribution in [0.25, 0.3) is 0 Å². The molecule has 2 aromatic rings. The molecule has 2 rings (SSSR count). The van der Waals surface area contributed by atoms with Gasteiger partial charge in [0.2, 0.25) is 0 Å². The average molecular weight is 410 g/mol. The Hall–Kier alpha value is -2.19. The van der Waals surface area contributed by atoms with Crippen molar-refractivity contribution in [2.75, 3.05) is 7.11 Å². The van der Waals surface area contributed by atoms with E-state index < -0.39 is 10.9 Å². The molecule has 0 aliphatic carbocycles. The lowest BCUT2D eigenvalue weighted by Gasteiger charge is -2.12. The van der Waals surface area contributed by atoms with E-state index in [1.54, 1.807) is 31.2 Å². The quantitative estimate of drug-likeness (QED) is 0.314. The highest BCUT2D eigenvalue weighted by molar-refractivity contribution is 9.10. The van der Waals surface area contributed by atoms with Crippen LogP contribution in [-0.4, -0.2) is 24.3 Å². The summed E-state index contributed by atoms with van der Waals surface area (Å²) in [5, 5.41) is 11.4. The number of nitro benzene ring substituents is 1. The number of carbonyl (C=O) groups excluding carboxylic acids is 2. The molecule has 0 bridgehead atoms. The number of methoxy groups -OCH3 is 1. The largest absolute Gasteiger partial charge is 0.465 e. The van der Waals surface area contributed by atoms with Crippen LogP contribution >= 0.6 is 27.7 Å². The van der Waals surface area contributed by atoms with Crippen molar-refractivity contribution in [2.24, 2.45) is 0 Å². The fourth-order valence-electron chi connectivity index (χ4n) is 2.03. The maximum Gasteiger partial charge on any atom is 0.339 e. The number of halogens is 1. The Kier molecular flexibility index (Phi) is 5.74. The van der Waals surface area contributed by atoms with E-state index in [0.717, 1.165) is 11.8 Å². The van der Waals surface area contributed by atoms with Gasteiger partial charge in [0.15, 0.2) is 6.29 Å². The van der Waals surface area contributed by atoms with E-state index in [4.69, 9.17) is 4.74 Å². The predicted octanol–water partition coefficient (Wildman–Crippen LogP) is 4.42. The first-order valence-corrected chi connectivity index (χ1v) is 8.29. The number of hydrogen-bond acceptors (Lipinski definition) is 6. The molecular weight excluding hydrogens is 398 g/mol. The summed E-state index contributed by atoms with van der Waals surface area (Å²) in [5.74, 6) is -0.530. The standard InChI is InChI=1S/C16H12BrNO5S/c1-9-10(8-19)7-12(18(21)22)15(14(9)17)24-13-6-4-3-5-11(13)16(20)23-2/h3-8H,1-2H3. The Bertz CT molecular complexity index is 837. The molecule has 0 aromatic heterocycles. The molecule has 0 heterocycles. The summed E-state index contributed by atoms with van der Waals surface area (Å²) in [7, 11) is 1.27. The Morgan fingerprint density at radius 3 is 2.62 bits per heavy atom. The van der Waals surface area contributed by atoms with Gasteiger partial charge in [0.05, 0.1) is 17.6 Å². The third-order valence-electron chi connectivity index (χ3n) is 3.31. The van der Waals surface area contributed by atoms with Crippen molar-refractivity contribution in [3.8, 4) is 0 Å². The van der Waals surface area contributed by atoms with Crippen LogP contribution in [0.1, 0.15) is 26.3 Å². The smallest absolute Gasteiger partial charge is 0.339 e. The van der Waals surface area contributed by atoms with Gasteiger partial charge >= 0.3 is 5.97 Å². The van der Waals surface area contributed by atoms with Crippen LogP contribution in [0, 0.1) is 17.0 Å². The zero-order valence-electron chi connectivity index (χ0n) is 12.7. The number of nitro groups is 1. The van der Waals surface area contributed by atoms with E-state index in [-0.39, 0.29) is 11.3 Å². The number of carbonyl (C=O) groups is 2. The highest BCUT2D eigenvalue weighted by Gasteiger charge is 2.24. The van der Waals surface area contributed by atoms with Crippen molar-refractivity contribution in [3.05, 3.63) is 61.6 Å². The van der Waals surface area contributed by atoms with Crippen LogP contribution in [0.3, 0.4) is 0 Å². The minimum Gasteiger partial charge on any atom is -0.465 e. The molecule has 6 nitrogen and oxygen atoms in total. The Labute approximate surface area is 150 Å². The summed E-state index contributed by atoms with van der Waals surface area (Å²) in [4.78, 5) is 34.6. The molecule has 124 valence electrons. The van der Waals surface area contributed by atoms with Crippen LogP contribution in [0.15, 0.2) is 44.6 Å². The highest BCUT2D eigenvalue weighted by Crippen LogP contribution is 2.43. The summed E-state index contributed by atoms with van der Waals surface area (Å²) >= 11 is 4.39. The van der Waals surface area contributed by atoms with Crippen LogP contribution in [0.2, 0.25) is 0 Å². The van der Waals surface area contributed by atoms with E-state index in [1.807, 2.05) is 0 Å². The number of nitrogens with zero attached hydrogens (tertiary/aromatic N) is 1. The van der Waals surface area contributed by atoms with Crippen LogP contribution in [0.4, 0.5) is 5.69 Å². The van der Waals surface area contributed by atoms with Crippen molar-refractivity contribution in [1.29, 1.82) is 0 Å². The molecule has 0 atom stereocenters. The molecule has 24 heavy (non-hydrogen) atoms. The predicted molar refractivity (Wildman–Crippen MR) is 92.8 cm³/mol. The lowest BCUT2D eigenvalue weighted by atomic mass is 10.1. The van der Waals surface area contributed by atoms with Crippen LogP contribution in [-0.2, 0) is 4.74 Å². The lowest BCUT2D eigenvalue weighted by molar-refractivity contribution is -0.387. The summed E-state index contributed by atoms with van der Waals surface area (Å²) in [6, 6.07) is 7.90. The first-order valence-electron chi connectivity index (χ1n) is 6.68. The van der Waals surface area contributed by atoms with Crippen LogP contribution in [0.5, 0.6) is 0 Å². The molecule has 0 fully saturated rings. The Morgan fingerprint density at radius 2 is 2.04 bits per heavy atom. The van der Waals surface area contributed by atoms with Gasteiger partial charge in [-0.05, 0) is 40.5 Å². The van der Waals surface area contributed by atoms with Crippen molar-refractivity contribution < 1.29 is 19.2 Å². The van der Waals surface area contributed by atoms with Gasteiger partial charge in [-0.2, -0.15) is 0 Å². The zero-order chi connectivity index (χ0) is 17.9. The monoisotopic (exact) mass is 409 g/mol. The summed E-state index contributed by atoms with van der Waals surface area (Å²) < 4.78 is 5.19. The molecule has 0 spiro atoms. The van der Waals surface area contributed by atoms with Crippen molar-refractivity contribution in [1.82, 2.24) is 0 Å². The molecular formula is C16H12BrNO5S. The minimum atomic E-state index is -0.555. The number of benzene rings is 2. The second kappa shape index (κ2) is 7.59. The number of rotatable bonds is 5. The molecule has 0 N–H and O–H groups in total. The normalized spacial score (nSPS) is 10.3. The first kappa shape index (κ1) is 18.2. The van der Waals surface area contributed by atoms with Gasteiger partial charge in [0.25, 0.3) is 5.69 Å². The maximum atomic E-state index is 11.9. The van der Waals surface area contributed by atoms with E-state index in [2.05, 4.69) is 15.9 Å². The Balaban J connectivity index is 2.63. The second-order valence-corrected chi connectivity index (χ2v) is 6.56. The van der Waals surface area contributed by atoms with Crippen molar-refractivity contribution in [3.63, 3.8) is 0 Å². The summed E-state index contributed by atoms with van der Waals surface area (Å²) in [6.45, 7) is 1.69. The minimum absolute atomic E-state index is 0.209. The fourth-order valence-corrected chi connectivity index (χ4v) is 3.81. The zero-order valence-corrected chi connectivity index (χ0v) is 15.1. The Morgan fingerprint density at radius 1 is 1.38 bits per heavy atom. The van der Waals surface area contributed by atoms with E-state index >= 15 is 0 Å². The molecule has 2 aromatic carbocycles. The summed E-state index contributed by atoms with van der Waals surface area (Å²) in [6.07, 6.45) is 0.573. The molecule has 8 heteroatoms. The molecule has 0 unspecified atom stereocenters. The molecule has 0 amide bonds. The molecule has 0 aliphatic heterocycles. The van der Waals surface area contributed by atoms with Gasteiger partial charge in [-0.15, -0.1) is 0 Å². The van der Waals surface area contributed by atoms with Gasteiger partial charge in [0.1, 0.15) is 4.90 Å². The second-order valence-electron chi connectivity index (χ2n) is 4.72.